The molecule has 4 nitrogen and oxygen atoms in total. The molecule has 5 heteroatoms. The third-order valence-electron chi connectivity index (χ3n) is 3.21. The quantitative estimate of drug-likeness (QED) is 0.580. The first-order chi connectivity index (χ1) is 8.88. The van der Waals surface area contributed by atoms with Crippen LogP contribution in [0.4, 0.5) is 0 Å². The van der Waals surface area contributed by atoms with Crippen molar-refractivity contribution >= 4 is 11.8 Å². The number of ether oxygens (including phenoxy) is 3. The van der Waals surface area contributed by atoms with Gasteiger partial charge in [-0.3, -0.25) is 0 Å². The van der Waals surface area contributed by atoms with E-state index in [9.17, 15) is 0 Å². The standard InChI is InChI=1S/C13H27NO3S/c1-15-8-9-17-11-10-16-7-6-14-12-4-3-5-13(12)18-2/h12-14H,3-11H2,1-2H3. The number of rotatable bonds is 11. The number of thioether (sulfide) groups is 1. The molecule has 0 aliphatic heterocycles. The molecule has 0 amide bonds. The summed E-state index contributed by atoms with van der Waals surface area (Å²) in [7, 11) is 1.68. The molecule has 1 saturated carbocycles. The molecule has 0 aromatic heterocycles. The SMILES string of the molecule is COCCOCCOCCNC1CCCC1SC. The van der Waals surface area contributed by atoms with Crippen molar-refractivity contribution < 1.29 is 14.2 Å². The van der Waals surface area contributed by atoms with Gasteiger partial charge in [-0.25, -0.2) is 0 Å². The second kappa shape index (κ2) is 11.1. The van der Waals surface area contributed by atoms with E-state index in [-0.39, 0.29) is 0 Å². The van der Waals surface area contributed by atoms with Gasteiger partial charge in [0.2, 0.25) is 0 Å². The van der Waals surface area contributed by atoms with Crippen molar-refractivity contribution in [1.82, 2.24) is 5.32 Å². The molecule has 0 aromatic rings. The maximum absolute atomic E-state index is 5.51. The minimum absolute atomic E-state index is 0.648. The molecule has 108 valence electrons. The number of methoxy groups -OCH3 is 1. The maximum Gasteiger partial charge on any atom is 0.0701 e. The zero-order valence-electron chi connectivity index (χ0n) is 11.7. The summed E-state index contributed by atoms with van der Waals surface area (Å²) in [5, 5.41) is 4.38. The van der Waals surface area contributed by atoms with Crippen LogP contribution >= 0.6 is 11.8 Å². The lowest BCUT2D eigenvalue weighted by Gasteiger charge is -2.19. The topological polar surface area (TPSA) is 39.7 Å². The Kier molecular flexibility index (Phi) is 9.98. The van der Waals surface area contributed by atoms with Gasteiger partial charge in [-0.1, -0.05) is 6.42 Å². The predicted octanol–water partition coefficient (Wildman–Crippen LogP) is 1.54. The molecule has 1 rings (SSSR count). The van der Waals surface area contributed by atoms with Gasteiger partial charge in [0.05, 0.1) is 33.0 Å². The summed E-state index contributed by atoms with van der Waals surface area (Å²) >= 11 is 1.98. The Balaban J connectivity index is 1.83. The van der Waals surface area contributed by atoms with Gasteiger partial charge in [-0.2, -0.15) is 11.8 Å². The van der Waals surface area contributed by atoms with Gasteiger partial charge in [0.15, 0.2) is 0 Å². The maximum atomic E-state index is 5.51. The second-order valence-electron chi connectivity index (χ2n) is 4.48. The van der Waals surface area contributed by atoms with Crippen LogP contribution in [0.1, 0.15) is 19.3 Å². The summed E-state index contributed by atoms with van der Waals surface area (Å²) in [4.78, 5) is 0. The van der Waals surface area contributed by atoms with Crippen LogP contribution in [0.3, 0.4) is 0 Å². The molecular weight excluding hydrogens is 250 g/mol. The third-order valence-corrected chi connectivity index (χ3v) is 4.38. The van der Waals surface area contributed by atoms with Gasteiger partial charge in [0, 0.05) is 24.9 Å². The van der Waals surface area contributed by atoms with Crippen LogP contribution in [0, 0.1) is 0 Å². The monoisotopic (exact) mass is 277 g/mol. The van der Waals surface area contributed by atoms with E-state index in [1.165, 1.54) is 19.3 Å². The Bertz CT molecular complexity index is 195. The fourth-order valence-electron chi connectivity index (χ4n) is 2.22. The van der Waals surface area contributed by atoms with Crippen molar-refractivity contribution in [3.8, 4) is 0 Å². The molecule has 2 unspecified atom stereocenters. The molecule has 0 bridgehead atoms. The molecule has 1 N–H and O–H groups in total. The number of hydrogen-bond acceptors (Lipinski definition) is 5. The fourth-order valence-corrected chi connectivity index (χ4v) is 3.19. The van der Waals surface area contributed by atoms with Gasteiger partial charge in [-0.15, -0.1) is 0 Å². The average Bonchev–Trinajstić information content (AvgIpc) is 2.84. The molecule has 0 aromatic carbocycles. The van der Waals surface area contributed by atoms with E-state index in [0.29, 0.717) is 32.5 Å². The lowest BCUT2D eigenvalue weighted by atomic mass is 10.2. The zero-order valence-corrected chi connectivity index (χ0v) is 12.5. The van der Waals surface area contributed by atoms with E-state index in [1.807, 2.05) is 11.8 Å². The normalized spacial score (nSPS) is 23.7. The summed E-state index contributed by atoms with van der Waals surface area (Å²) in [6.45, 7) is 4.34. The van der Waals surface area contributed by atoms with Crippen LogP contribution in [-0.2, 0) is 14.2 Å². The van der Waals surface area contributed by atoms with Gasteiger partial charge in [-0.05, 0) is 19.1 Å². The summed E-state index contributed by atoms with van der Waals surface area (Å²) < 4.78 is 15.7. The Morgan fingerprint density at radius 3 is 2.50 bits per heavy atom. The minimum Gasteiger partial charge on any atom is -0.382 e. The highest BCUT2D eigenvalue weighted by Gasteiger charge is 2.25. The van der Waals surface area contributed by atoms with Crippen LogP contribution in [0.15, 0.2) is 0 Å². The van der Waals surface area contributed by atoms with E-state index < -0.39 is 0 Å². The van der Waals surface area contributed by atoms with E-state index in [4.69, 9.17) is 14.2 Å². The molecule has 18 heavy (non-hydrogen) atoms. The number of hydrogen-bond donors (Lipinski definition) is 1. The highest BCUT2D eigenvalue weighted by Crippen LogP contribution is 2.28. The summed E-state index contributed by atoms with van der Waals surface area (Å²) in [5.41, 5.74) is 0. The van der Waals surface area contributed by atoms with Gasteiger partial charge < -0.3 is 19.5 Å². The van der Waals surface area contributed by atoms with Crippen molar-refractivity contribution in [2.45, 2.75) is 30.6 Å². The Hall–Kier alpha value is 0.190. The van der Waals surface area contributed by atoms with Crippen LogP contribution in [-0.4, -0.2) is 64.2 Å². The van der Waals surface area contributed by atoms with Crippen LogP contribution in [0.25, 0.3) is 0 Å². The molecular formula is C13H27NO3S. The molecule has 0 radical (unpaired) electrons. The molecule has 1 aliphatic rings. The van der Waals surface area contributed by atoms with Crippen molar-refractivity contribution in [2.24, 2.45) is 0 Å². The largest absolute Gasteiger partial charge is 0.382 e. The van der Waals surface area contributed by atoms with Crippen molar-refractivity contribution in [2.75, 3.05) is 52.9 Å². The van der Waals surface area contributed by atoms with E-state index in [1.54, 1.807) is 7.11 Å². The van der Waals surface area contributed by atoms with Crippen molar-refractivity contribution in [3.63, 3.8) is 0 Å². The molecule has 1 fully saturated rings. The predicted molar refractivity (Wildman–Crippen MR) is 76.5 cm³/mol. The first kappa shape index (κ1) is 16.2. The smallest absolute Gasteiger partial charge is 0.0701 e. The van der Waals surface area contributed by atoms with Crippen LogP contribution in [0.5, 0.6) is 0 Å². The van der Waals surface area contributed by atoms with Crippen molar-refractivity contribution in [3.05, 3.63) is 0 Å². The summed E-state index contributed by atoms with van der Waals surface area (Å²) in [6, 6.07) is 0.682. The first-order valence-corrected chi connectivity index (χ1v) is 8.08. The molecule has 1 aliphatic carbocycles. The van der Waals surface area contributed by atoms with Crippen molar-refractivity contribution in [1.29, 1.82) is 0 Å². The van der Waals surface area contributed by atoms with E-state index >= 15 is 0 Å². The molecule has 0 heterocycles. The minimum atomic E-state index is 0.648. The highest BCUT2D eigenvalue weighted by molar-refractivity contribution is 7.99. The molecule has 0 spiro atoms. The van der Waals surface area contributed by atoms with Gasteiger partial charge in [0.1, 0.15) is 0 Å². The Morgan fingerprint density at radius 1 is 1.06 bits per heavy atom. The molecule has 2 atom stereocenters. The number of nitrogens with one attached hydrogen (secondary N) is 1. The zero-order chi connectivity index (χ0) is 13.1. The fraction of sp³-hybridized carbons (Fsp3) is 1.00. The average molecular weight is 277 g/mol. The van der Waals surface area contributed by atoms with E-state index in [0.717, 1.165) is 18.4 Å². The second-order valence-corrected chi connectivity index (χ2v) is 5.56. The molecule has 0 saturated heterocycles. The lowest BCUT2D eigenvalue weighted by Crippen LogP contribution is -2.36. The van der Waals surface area contributed by atoms with Crippen LogP contribution < -0.4 is 5.32 Å². The lowest BCUT2D eigenvalue weighted by molar-refractivity contribution is 0.0252. The Morgan fingerprint density at radius 2 is 1.78 bits per heavy atom. The van der Waals surface area contributed by atoms with Crippen LogP contribution in [0.2, 0.25) is 0 Å². The third kappa shape index (κ3) is 6.95. The summed E-state index contributed by atoms with van der Waals surface area (Å²) in [5.74, 6) is 0. The summed E-state index contributed by atoms with van der Waals surface area (Å²) in [6.07, 6.45) is 6.23. The highest BCUT2D eigenvalue weighted by atomic mass is 32.2. The first-order valence-electron chi connectivity index (χ1n) is 6.79. The van der Waals surface area contributed by atoms with Gasteiger partial charge >= 0.3 is 0 Å². The Labute approximate surface area is 115 Å². The van der Waals surface area contributed by atoms with Gasteiger partial charge in [0.25, 0.3) is 0 Å². The van der Waals surface area contributed by atoms with E-state index in [2.05, 4.69) is 11.6 Å².